The normalized spacial score (nSPS) is 19.8. The van der Waals surface area contributed by atoms with Crippen molar-refractivity contribution in [3.05, 3.63) is 29.8 Å². The first kappa shape index (κ1) is 9.87. The zero-order valence-electron chi connectivity index (χ0n) is 8.40. The van der Waals surface area contributed by atoms with Gasteiger partial charge in [0.2, 0.25) is 0 Å². The van der Waals surface area contributed by atoms with Crippen LogP contribution in [0.1, 0.15) is 18.4 Å². The van der Waals surface area contributed by atoms with Crippen LogP contribution in [0.2, 0.25) is 0 Å². The Morgan fingerprint density at radius 1 is 1.14 bits per heavy atom. The Morgan fingerprint density at radius 3 is 2.29 bits per heavy atom. The van der Waals surface area contributed by atoms with Crippen LogP contribution in [0, 0.1) is 6.92 Å². The van der Waals surface area contributed by atoms with Crippen LogP contribution < -0.4 is 0 Å². The average molecular weight is 209 g/mol. The number of aryl methyl sites for hydroxylation is 1. The molecule has 0 radical (unpaired) electrons. The van der Waals surface area contributed by atoms with Crippen molar-refractivity contribution in [2.24, 2.45) is 0 Å². The number of benzene rings is 1. The minimum Gasteiger partial charge on any atom is -0.237 e. The number of hydrogen-bond acceptors (Lipinski definition) is 1. The van der Waals surface area contributed by atoms with Crippen molar-refractivity contribution in [2.75, 3.05) is 13.1 Å². The maximum atomic E-state index is 12.0. The number of rotatable bonds is 2. The fourth-order valence-corrected chi connectivity index (χ4v) is 2.91. The molecule has 14 heavy (non-hydrogen) atoms. The van der Waals surface area contributed by atoms with E-state index in [1.165, 1.54) is 18.4 Å². The van der Waals surface area contributed by atoms with Crippen LogP contribution in [0.25, 0.3) is 0 Å². The quantitative estimate of drug-likeness (QED) is 0.730. The zero-order chi connectivity index (χ0) is 9.97. The fraction of sp³-hybridized carbons (Fsp3) is 0.455. The van der Waals surface area contributed by atoms with E-state index in [1.807, 2.05) is 35.5 Å². The van der Waals surface area contributed by atoms with Gasteiger partial charge < -0.3 is 0 Å². The lowest BCUT2D eigenvalue weighted by molar-refractivity contribution is 0.536. The maximum absolute atomic E-state index is 12.0. The van der Waals surface area contributed by atoms with Crippen LogP contribution in [0.15, 0.2) is 29.2 Å². The molecule has 0 saturated carbocycles. The molecule has 1 aliphatic heterocycles. The van der Waals surface area contributed by atoms with Gasteiger partial charge in [-0.25, -0.2) is 8.51 Å². The molecule has 0 unspecified atom stereocenters. The summed E-state index contributed by atoms with van der Waals surface area (Å²) in [7, 11) is -0.934. The Morgan fingerprint density at radius 2 is 1.71 bits per heavy atom. The molecule has 1 fully saturated rings. The third kappa shape index (κ3) is 2.04. The number of nitrogens with zero attached hydrogens (tertiary/aromatic N) is 1. The van der Waals surface area contributed by atoms with Crippen LogP contribution in [0.5, 0.6) is 0 Å². The highest BCUT2D eigenvalue weighted by molar-refractivity contribution is 7.82. The lowest BCUT2D eigenvalue weighted by atomic mass is 10.2. The third-order valence-electron chi connectivity index (χ3n) is 2.52. The minimum atomic E-state index is -0.934. The molecule has 1 aliphatic rings. The standard InChI is InChI=1S/C11H15NOS/c1-10-4-6-11(7-5-10)14(13)12-8-2-3-9-12/h4-7H,2-3,8-9H2,1H3/t14-/m1/s1. The molecule has 1 saturated heterocycles. The molecule has 0 aliphatic carbocycles. The molecule has 76 valence electrons. The topological polar surface area (TPSA) is 20.3 Å². The smallest absolute Gasteiger partial charge is 0.127 e. The Kier molecular flexibility index (Phi) is 2.99. The van der Waals surface area contributed by atoms with Gasteiger partial charge in [-0.2, -0.15) is 0 Å². The summed E-state index contributed by atoms with van der Waals surface area (Å²) in [5.41, 5.74) is 1.21. The van der Waals surface area contributed by atoms with Crippen LogP contribution in [0.3, 0.4) is 0 Å². The lowest BCUT2D eigenvalue weighted by Crippen LogP contribution is -2.21. The monoisotopic (exact) mass is 209 g/mol. The summed E-state index contributed by atoms with van der Waals surface area (Å²) in [6.45, 7) is 3.99. The molecule has 3 heteroatoms. The minimum absolute atomic E-state index is 0.928. The van der Waals surface area contributed by atoms with Crippen LogP contribution in [-0.4, -0.2) is 21.6 Å². The second-order valence-electron chi connectivity index (χ2n) is 3.70. The summed E-state index contributed by atoms with van der Waals surface area (Å²) in [6, 6.07) is 7.96. The number of hydrogen-bond donors (Lipinski definition) is 0. The van der Waals surface area contributed by atoms with E-state index in [2.05, 4.69) is 0 Å². The Balaban J connectivity index is 2.14. The third-order valence-corrected chi connectivity index (χ3v) is 4.03. The molecule has 0 bridgehead atoms. The predicted molar refractivity (Wildman–Crippen MR) is 58.4 cm³/mol. The maximum Gasteiger partial charge on any atom is 0.127 e. The summed E-state index contributed by atoms with van der Waals surface area (Å²) < 4.78 is 14.0. The van der Waals surface area contributed by atoms with Crippen LogP contribution >= 0.6 is 0 Å². The molecule has 0 amide bonds. The largest absolute Gasteiger partial charge is 0.237 e. The van der Waals surface area contributed by atoms with E-state index >= 15 is 0 Å². The van der Waals surface area contributed by atoms with Gasteiger partial charge in [0, 0.05) is 13.1 Å². The summed E-state index contributed by atoms with van der Waals surface area (Å²) in [4.78, 5) is 0.928. The molecule has 1 heterocycles. The molecule has 0 spiro atoms. The van der Waals surface area contributed by atoms with E-state index in [-0.39, 0.29) is 0 Å². The van der Waals surface area contributed by atoms with Gasteiger partial charge in [0.1, 0.15) is 11.0 Å². The van der Waals surface area contributed by atoms with Gasteiger partial charge in [-0.1, -0.05) is 17.7 Å². The van der Waals surface area contributed by atoms with E-state index in [9.17, 15) is 4.21 Å². The van der Waals surface area contributed by atoms with E-state index < -0.39 is 11.0 Å². The second-order valence-corrected chi connectivity index (χ2v) is 5.18. The first-order chi connectivity index (χ1) is 6.77. The summed E-state index contributed by atoms with van der Waals surface area (Å²) in [5, 5.41) is 0. The molecule has 2 nitrogen and oxygen atoms in total. The molecule has 1 aromatic carbocycles. The van der Waals surface area contributed by atoms with Crippen molar-refractivity contribution in [1.29, 1.82) is 0 Å². The molecule has 2 rings (SSSR count). The van der Waals surface area contributed by atoms with Crippen LogP contribution in [-0.2, 0) is 11.0 Å². The summed E-state index contributed by atoms with van der Waals surface area (Å²) in [5.74, 6) is 0. The summed E-state index contributed by atoms with van der Waals surface area (Å²) >= 11 is 0. The first-order valence-electron chi connectivity index (χ1n) is 5.01. The second kappa shape index (κ2) is 4.24. The molecule has 1 atom stereocenters. The SMILES string of the molecule is Cc1ccc([S@@](=O)N2CCCC2)cc1. The first-order valence-corrected chi connectivity index (χ1v) is 6.11. The van der Waals surface area contributed by atoms with Gasteiger partial charge in [0.15, 0.2) is 0 Å². The molecule has 0 N–H and O–H groups in total. The highest BCUT2D eigenvalue weighted by atomic mass is 32.2. The summed E-state index contributed by atoms with van der Waals surface area (Å²) in [6.07, 6.45) is 2.36. The average Bonchev–Trinajstić information content (AvgIpc) is 2.71. The van der Waals surface area contributed by atoms with Gasteiger partial charge >= 0.3 is 0 Å². The Labute approximate surface area is 87.5 Å². The van der Waals surface area contributed by atoms with Gasteiger partial charge in [-0.3, -0.25) is 0 Å². The van der Waals surface area contributed by atoms with Crippen molar-refractivity contribution in [3.8, 4) is 0 Å². The fourth-order valence-electron chi connectivity index (χ4n) is 1.66. The molecule has 1 aromatic rings. The van der Waals surface area contributed by atoms with Gasteiger partial charge in [-0.15, -0.1) is 0 Å². The molecular formula is C11H15NOS. The Bertz CT molecular complexity index is 328. The highest BCUT2D eigenvalue weighted by Crippen LogP contribution is 2.17. The van der Waals surface area contributed by atoms with Crippen molar-refractivity contribution in [1.82, 2.24) is 4.31 Å². The lowest BCUT2D eigenvalue weighted by Gasteiger charge is -2.13. The van der Waals surface area contributed by atoms with E-state index in [4.69, 9.17) is 0 Å². The van der Waals surface area contributed by atoms with Gasteiger partial charge in [0.05, 0.1) is 4.90 Å². The van der Waals surface area contributed by atoms with Crippen molar-refractivity contribution in [3.63, 3.8) is 0 Å². The van der Waals surface area contributed by atoms with E-state index in [0.29, 0.717) is 0 Å². The molecular weight excluding hydrogens is 194 g/mol. The Hall–Kier alpha value is -0.670. The highest BCUT2D eigenvalue weighted by Gasteiger charge is 2.18. The zero-order valence-corrected chi connectivity index (χ0v) is 9.22. The van der Waals surface area contributed by atoms with Crippen molar-refractivity contribution < 1.29 is 4.21 Å². The van der Waals surface area contributed by atoms with E-state index in [0.717, 1.165) is 18.0 Å². The van der Waals surface area contributed by atoms with Gasteiger partial charge in [0.25, 0.3) is 0 Å². The molecule has 0 aromatic heterocycles. The van der Waals surface area contributed by atoms with Gasteiger partial charge in [-0.05, 0) is 31.9 Å². The predicted octanol–water partition coefficient (Wildman–Crippen LogP) is 2.11. The van der Waals surface area contributed by atoms with Crippen molar-refractivity contribution >= 4 is 11.0 Å². The van der Waals surface area contributed by atoms with Crippen LogP contribution in [0.4, 0.5) is 0 Å². The van der Waals surface area contributed by atoms with Crippen molar-refractivity contribution in [2.45, 2.75) is 24.7 Å². The van der Waals surface area contributed by atoms with E-state index in [1.54, 1.807) is 0 Å².